The van der Waals surface area contributed by atoms with Gasteiger partial charge in [0.05, 0.1) is 18.8 Å². The molecular formula is C15H19F2NO2. The van der Waals surface area contributed by atoms with E-state index in [1.54, 1.807) is 13.2 Å². The third-order valence-corrected chi connectivity index (χ3v) is 4.32. The Morgan fingerprint density at radius 3 is 2.90 bits per heavy atom. The minimum atomic E-state index is -0.797. The molecule has 0 radical (unpaired) electrons. The third-order valence-electron chi connectivity index (χ3n) is 4.32. The standard InChI is InChI=1S/C15H19F2NO2/c1-19-14-5-4-13-15(14)20-7-6-18(13)9-10-2-3-11(16)12(17)8-10/h2-3,8,13-15H,4-7,9H2,1H3/t13-,14-,15+/m0/s1. The van der Waals surface area contributed by atoms with Gasteiger partial charge in [-0.2, -0.15) is 0 Å². The molecule has 1 saturated heterocycles. The lowest BCUT2D eigenvalue weighted by molar-refractivity contribution is -0.106. The van der Waals surface area contributed by atoms with Crippen molar-refractivity contribution in [2.75, 3.05) is 20.3 Å². The molecule has 0 aromatic heterocycles. The zero-order valence-electron chi connectivity index (χ0n) is 11.5. The fourth-order valence-corrected chi connectivity index (χ4v) is 3.31. The lowest BCUT2D eigenvalue weighted by Crippen LogP contribution is -2.51. The lowest BCUT2D eigenvalue weighted by atomic mass is 10.1. The van der Waals surface area contributed by atoms with E-state index in [0.717, 1.165) is 24.9 Å². The van der Waals surface area contributed by atoms with Crippen molar-refractivity contribution in [2.24, 2.45) is 0 Å². The number of fused-ring (bicyclic) bond motifs is 1. The Morgan fingerprint density at radius 1 is 1.30 bits per heavy atom. The Morgan fingerprint density at radius 2 is 2.15 bits per heavy atom. The van der Waals surface area contributed by atoms with Crippen molar-refractivity contribution in [1.29, 1.82) is 0 Å². The summed E-state index contributed by atoms with van der Waals surface area (Å²) in [4.78, 5) is 2.29. The smallest absolute Gasteiger partial charge is 0.159 e. The molecule has 0 bridgehead atoms. The average molecular weight is 283 g/mol. The van der Waals surface area contributed by atoms with E-state index in [2.05, 4.69) is 4.90 Å². The quantitative estimate of drug-likeness (QED) is 0.850. The highest BCUT2D eigenvalue weighted by Crippen LogP contribution is 2.32. The summed E-state index contributed by atoms with van der Waals surface area (Å²) in [6.07, 6.45) is 2.25. The Hall–Kier alpha value is -1.04. The minimum Gasteiger partial charge on any atom is -0.379 e. The van der Waals surface area contributed by atoms with Crippen LogP contribution in [0, 0.1) is 11.6 Å². The molecule has 1 heterocycles. The van der Waals surface area contributed by atoms with Crippen LogP contribution in [-0.4, -0.2) is 43.4 Å². The number of halogens is 2. The van der Waals surface area contributed by atoms with Crippen LogP contribution in [0.1, 0.15) is 18.4 Å². The molecule has 110 valence electrons. The molecule has 2 fully saturated rings. The molecule has 1 saturated carbocycles. The van der Waals surface area contributed by atoms with Gasteiger partial charge >= 0.3 is 0 Å². The summed E-state index contributed by atoms with van der Waals surface area (Å²) in [7, 11) is 1.71. The molecular weight excluding hydrogens is 264 g/mol. The summed E-state index contributed by atoms with van der Waals surface area (Å²) in [5, 5.41) is 0. The predicted molar refractivity (Wildman–Crippen MR) is 70.3 cm³/mol. The molecule has 20 heavy (non-hydrogen) atoms. The van der Waals surface area contributed by atoms with Crippen LogP contribution in [0.3, 0.4) is 0 Å². The van der Waals surface area contributed by atoms with Gasteiger partial charge in [0, 0.05) is 26.2 Å². The maximum atomic E-state index is 13.3. The third kappa shape index (κ3) is 2.57. The second-order valence-corrected chi connectivity index (χ2v) is 5.47. The van der Waals surface area contributed by atoms with Crippen molar-refractivity contribution in [3.8, 4) is 0 Å². The van der Waals surface area contributed by atoms with E-state index in [9.17, 15) is 8.78 Å². The van der Waals surface area contributed by atoms with Crippen LogP contribution >= 0.6 is 0 Å². The average Bonchev–Trinajstić information content (AvgIpc) is 2.87. The number of rotatable bonds is 3. The Bertz CT molecular complexity index is 483. The monoisotopic (exact) mass is 283 g/mol. The molecule has 1 aromatic carbocycles. The summed E-state index contributed by atoms with van der Waals surface area (Å²) < 4.78 is 37.5. The largest absolute Gasteiger partial charge is 0.379 e. The van der Waals surface area contributed by atoms with Gasteiger partial charge in [-0.1, -0.05) is 6.07 Å². The molecule has 3 nitrogen and oxygen atoms in total. The fourth-order valence-electron chi connectivity index (χ4n) is 3.31. The summed E-state index contributed by atoms with van der Waals surface area (Å²) >= 11 is 0. The number of methoxy groups -OCH3 is 1. The van der Waals surface area contributed by atoms with Crippen LogP contribution in [0.25, 0.3) is 0 Å². The van der Waals surface area contributed by atoms with E-state index in [1.165, 1.54) is 12.1 Å². The summed E-state index contributed by atoms with van der Waals surface area (Å²) in [5.41, 5.74) is 0.797. The Labute approximate surface area is 117 Å². The molecule has 1 aromatic rings. The van der Waals surface area contributed by atoms with E-state index in [0.29, 0.717) is 19.2 Å². The van der Waals surface area contributed by atoms with Gasteiger partial charge in [-0.15, -0.1) is 0 Å². The van der Waals surface area contributed by atoms with Crippen molar-refractivity contribution in [2.45, 2.75) is 37.6 Å². The highest BCUT2D eigenvalue weighted by atomic mass is 19.2. The Kier molecular flexibility index (Phi) is 4.01. The number of nitrogens with zero attached hydrogens (tertiary/aromatic N) is 1. The normalized spacial score (nSPS) is 30.4. The number of ether oxygens (including phenoxy) is 2. The highest BCUT2D eigenvalue weighted by molar-refractivity contribution is 5.18. The van der Waals surface area contributed by atoms with Gasteiger partial charge < -0.3 is 9.47 Å². The molecule has 2 aliphatic rings. The maximum absolute atomic E-state index is 13.3. The van der Waals surface area contributed by atoms with Gasteiger partial charge in [0.1, 0.15) is 0 Å². The highest BCUT2D eigenvalue weighted by Gasteiger charge is 2.42. The lowest BCUT2D eigenvalue weighted by Gasteiger charge is -2.38. The molecule has 0 amide bonds. The van der Waals surface area contributed by atoms with Crippen LogP contribution in [0.5, 0.6) is 0 Å². The summed E-state index contributed by atoms with van der Waals surface area (Å²) in [5.74, 6) is -1.58. The fraction of sp³-hybridized carbons (Fsp3) is 0.600. The first-order valence-electron chi connectivity index (χ1n) is 7.01. The van der Waals surface area contributed by atoms with Crippen LogP contribution in [0.15, 0.2) is 18.2 Å². The first-order valence-corrected chi connectivity index (χ1v) is 7.01. The molecule has 0 N–H and O–H groups in total. The SMILES string of the molecule is CO[C@H]1CC[C@H]2[C@H]1OCCN2Cc1ccc(F)c(F)c1. The number of hydrogen-bond donors (Lipinski definition) is 0. The van der Waals surface area contributed by atoms with Crippen molar-refractivity contribution in [1.82, 2.24) is 4.90 Å². The van der Waals surface area contributed by atoms with Gasteiger partial charge in [0.25, 0.3) is 0 Å². The van der Waals surface area contributed by atoms with E-state index in [1.807, 2.05) is 0 Å². The van der Waals surface area contributed by atoms with Crippen LogP contribution in [0.4, 0.5) is 8.78 Å². The zero-order valence-corrected chi connectivity index (χ0v) is 11.5. The topological polar surface area (TPSA) is 21.7 Å². The summed E-state index contributed by atoms with van der Waals surface area (Å²) in [6.45, 7) is 2.10. The Balaban J connectivity index is 1.72. The second kappa shape index (κ2) is 5.76. The molecule has 3 rings (SSSR count). The van der Waals surface area contributed by atoms with Crippen molar-refractivity contribution in [3.63, 3.8) is 0 Å². The van der Waals surface area contributed by atoms with Crippen LogP contribution < -0.4 is 0 Å². The van der Waals surface area contributed by atoms with Gasteiger partial charge in [0.2, 0.25) is 0 Å². The summed E-state index contributed by atoms with van der Waals surface area (Å²) in [6, 6.07) is 4.42. The maximum Gasteiger partial charge on any atom is 0.159 e. The number of hydrogen-bond acceptors (Lipinski definition) is 3. The van der Waals surface area contributed by atoms with E-state index in [4.69, 9.17) is 9.47 Å². The zero-order chi connectivity index (χ0) is 14.1. The number of morpholine rings is 1. The number of benzene rings is 1. The minimum absolute atomic E-state index is 0.0963. The molecule has 0 spiro atoms. The van der Waals surface area contributed by atoms with Crippen molar-refractivity contribution >= 4 is 0 Å². The van der Waals surface area contributed by atoms with Gasteiger partial charge in [-0.05, 0) is 30.5 Å². The first-order chi connectivity index (χ1) is 9.69. The second-order valence-electron chi connectivity index (χ2n) is 5.47. The van der Waals surface area contributed by atoms with Gasteiger partial charge in [-0.25, -0.2) is 8.78 Å². The van der Waals surface area contributed by atoms with Crippen LogP contribution in [-0.2, 0) is 16.0 Å². The predicted octanol–water partition coefficient (Wildman–Crippen LogP) is 2.34. The van der Waals surface area contributed by atoms with E-state index >= 15 is 0 Å². The molecule has 1 aliphatic heterocycles. The molecule has 1 aliphatic carbocycles. The van der Waals surface area contributed by atoms with Crippen molar-refractivity contribution in [3.05, 3.63) is 35.4 Å². The van der Waals surface area contributed by atoms with E-state index < -0.39 is 11.6 Å². The van der Waals surface area contributed by atoms with Gasteiger partial charge in [0.15, 0.2) is 11.6 Å². The van der Waals surface area contributed by atoms with Crippen LogP contribution in [0.2, 0.25) is 0 Å². The first kappa shape index (κ1) is 13.9. The molecule has 3 atom stereocenters. The molecule has 0 unspecified atom stereocenters. The molecule has 5 heteroatoms. The van der Waals surface area contributed by atoms with E-state index in [-0.39, 0.29) is 12.2 Å². The van der Waals surface area contributed by atoms with Crippen molar-refractivity contribution < 1.29 is 18.3 Å². The van der Waals surface area contributed by atoms with Gasteiger partial charge in [-0.3, -0.25) is 4.90 Å².